The number of anilines is 2. The molecule has 16 heteroatoms. The minimum atomic E-state index is -5.10. The molecule has 4 heterocycles. The van der Waals surface area contributed by atoms with Crippen LogP contribution < -0.4 is 15.5 Å². The predicted octanol–water partition coefficient (Wildman–Crippen LogP) is 3.71. The summed E-state index contributed by atoms with van der Waals surface area (Å²) >= 11 is 0. The first-order valence-corrected chi connectivity index (χ1v) is 14.8. The van der Waals surface area contributed by atoms with Gasteiger partial charge in [-0.1, -0.05) is 0 Å². The molecule has 10 nitrogen and oxygen atoms in total. The van der Waals surface area contributed by atoms with Crippen molar-refractivity contribution in [2.24, 2.45) is 5.73 Å². The normalized spacial score (nSPS) is 18.8. The lowest BCUT2D eigenvalue weighted by Gasteiger charge is -2.35. The Labute approximate surface area is 263 Å². The van der Waals surface area contributed by atoms with Crippen molar-refractivity contribution < 1.29 is 40.7 Å². The van der Waals surface area contributed by atoms with Crippen LogP contribution in [0.25, 0.3) is 0 Å². The zero-order chi connectivity index (χ0) is 34.2. The lowest BCUT2D eigenvalue weighted by molar-refractivity contribution is -0.159. The summed E-state index contributed by atoms with van der Waals surface area (Å²) < 4.78 is 92.8. The topological polar surface area (TPSA) is 108 Å². The molecule has 2 aromatic heterocycles. The number of pyridine rings is 2. The molecule has 0 bridgehead atoms. The van der Waals surface area contributed by atoms with Crippen molar-refractivity contribution in [2.75, 3.05) is 76.3 Å². The van der Waals surface area contributed by atoms with Crippen LogP contribution in [0, 0.1) is 0 Å². The molecule has 2 aromatic rings. The fourth-order valence-electron chi connectivity index (χ4n) is 5.63. The Morgan fingerprint density at radius 3 is 1.41 bits per heavy atom. The number of primary amides is 1. The number of likely N-dealkylation sites (N-methyl/N-ethyl adjacent to an activating group) is 2. The van der Waals surface area contributed by atoms with Crippen LogP contribution in [0.15, 0.2) is 24.5 Å². The molecule has 46 heavy (non-hydrogen) atoms. The van der Waals surface area contributed by atoms with Gasteiger partial charge in [-0.25, -0.2) is 9.97 Å². The quantitative estimate of drug-likeness (QED) is 0.352. The Morgan fingerprint density at radius 1 is 0.717 bits per heavy atom. The summed E-state index contributed by atoms with van der Waals surface area (Å²) in [5, 5.41) is 0. The van der Waals surface area contributed by atoms with E-state index in [2.05, 4.69) is 9.97 Å². The van der Waals surface area contributed by atoms with Gasteiger partial charge in [0.05, 0.1) is 23.0 Å². The van der Waals surface area contributed by atoms with Gasteiger partial charge >= 0.3 is 18.3 Å². The second-order valence-corrected chi connectivity index (χ2v) is 12.7. The molecule has 2 N–H and O–H groups in total. The van der Waals surface area contributed by atoms with E-state index in [1.807, 2.05) is 23.9 Å². The van der Waals surface area contributed by atoms with Gasteiger partial charge in [-0.15, -0.1) is 0 Å². The van der Waals surface area contributed by atoms with Gasteiger partial charge in [-0.3, -0.25) is 9.59 Å². The van der Waals surface area contributed by atoms with Gasteiger partial charge in [0.2, 0.25) is 5.91 Å². The number of esters is 1. The van der Waals surface area contributed by atoms with Crippen molar-refractivity contribution in [1.29, 1.82) is 0 Å². The smallest absolute Gasteiger partial charge is 0.418 e. The number of hydrogen-bond donors (Lipinski definition) is 1. The average Bonchev–Trinajstić information content (AvgIpc) is 2.94. The number of carbonyl (C=O) groups excluding carboxylic acids is 2. The number of hydrogen-bond acceptors (Lipinski definition) is 9. The molecule has 2 fully saturated rings. The first-order valence-electron chi connectivity index (χ1n) is 14.8. The van der Waals surface area contributed by atoms with Crippen LogP contribution in [0.3, 0.4) is 0 Å². The third kappa shape index (κ3) is 8.18. The number of piperazine rings is 2. The molecule has 1 amide bonds. The van der Waals surface area contributed by atoms with Crippen molar-refractivity contribution in [3.05, 3.63) is 46.8 Å². The van der Waals surface area contributed by atoms with Crippen LogP contribution in [-0.2, 0) is 26.7 Å². The molecule has 254 valence electrons. The van der Waals surface area contributed by atoms with Gasteiger partial charge in [0.15, 0.2) is 0 Å². The number of amides is 1. The number of ether oxygens (including phenoxy) is 1. The molecule has 2 aliphatic rings. The fourth-order valence-corrected chi connectivity index (χ4v) is 5.63. The van der Waals surface area contributed by atoms with Gasteiger partial charge < -0.3 is 30.1 Å². The van der Waals surface area contributed by atoms with E-state index in [-0.39, 0.29) is 11.6 Å². The highest BCUT2D eigenvalue weighted by molar-refractivity contribution is 5.93. The standard InChI is InChI=1S/C30H39F6N7O3/c1-28(2,3)46-27(45)25(19-15-23(39-17-21(19)30(34,35)36)43-12-8-41(5)9-13-43)24(26(37)44)18-14-22(38-16-20(18)29(31,32)33)42-10-6-40(4)7-11-42/h14-17,24-25H,6-13H2,1-5H3,(H2,37,44). The number of alkyl halides is 6. The minimum Gasteiger partial charge on any atom is -0.459 e. The number of aromatic nitrogens is 2. The van der Waals surface area contributed by atoms with Crippen molar-refractivity contribution in [2.45, 2.75) is 50.6 Å². The maximum absolute atomic E-state index is 14.6. The molecular formula is C30H39F6N7O3. The van der Waals surface area contributed by atoms with Crippen molar-refractivity contribution >= 4 is 23.5 Å². The number of nitrogens with zero attached hydrogens (tertiary/aromatic N) is 6. The summed E-state index contributed by atoms with van der Waals surface area (Å²) in [6.07, 6.45) is -9.13. The van der Waals surface area contributed by atoms with E-state index in [4.69, 9.17) is 10.5 Å². The van der Waals surface area contributed by atoms with E-state index in [9.17, 15) is 35.9 Å². The Balaban J connectivity index is 1.98. The van der Waals surface area contributed by atoms with E-state index >= 15 is 0 Å². The Kier molecular flexibility index (Phi) is 10.1. The summed E-state index contributed by atoms with van der Waals surface area (Å²) in [6.45, 7) is 8.19. The van der Waals surface area contributed by atoms with Gasteiger partial charge in [0.25, 0.3) is 0 Å². The fraction of sp³-hybridized carbons (Fsp3) is 0.600. The predicted molar refractivity (Wildman–Crippen MR) is 158 cm³/mol. The third-order valence-corrected chi connectivity index (χ3v) is 8.08. The number of carbonyl (C=O) groups is 2. The molecule has 2 atom stereocenters. The maximum Gasteiger partial charge on any atom is 0.418 e. The second-order valence-electron chi connectivity index (χ2n) is 12.7. The molecule has 4 rings (SSSR count). The molecule has 2 saturated heterocycles. The monoisotopic (exact) mass is 659 g/mol. The molecule has 0 radical (unpaired) electrons. The van der Waals surface area contributed by atoms with Crippen LogP contribution in [0.2, 0.25) is 0 Å². The molecule has 0 spiro atoms. The Morgan fingerprint density at radius 2 is 1.09 bits per heavy atom. The minimum absolute atomic E-state index is 0.0641. The first kappa shape index (κ1) is 35.2. The van der Waals surface area contributed by atoms with E-state index in [1.165, 1.54) is 20.8 Å². The summed E-state index contributed by atoms with van der Waals surface area (Å²) in [5.41, 5.74) is 0.148. The van der Waals surface area contributed by atoms with E-state index in [1.54, 1.807) is 9.80 Å². The van der Waals surface area contributed by atoms with Gasteiger partial charge in [0.1, 0.15) is 17.2 Å². The summed E-state index contributed by atoms with van der Waals surface area (Å²) in [5.74, 6) is -7.09. The van der Waals surface area contributed by atoms with Gasteiger partial charge in [0, 0.05) is 64.8 Å². The highest BCUT2D eigenvalue weighted by atomic mass is 19.4. The van der Waals surface area contributed by atoms with Crippen molar-refractivity contribution in [1.82, 2.24) is 19.8 Å². The van der Waals surface area contributed by atoms with Gasteiger partial charge in [-0.05, 0) is 58.1 Å². The van der Waals surface area contributed by atoms with Crippen LogP contribution in [0.5, 0.6) is 0 Å². The average molecular weight is 660 g/mol. The SMILES string of the molecule is CN1CCN(c2cc(C(C(N)=O)C(C(=O)OC(C)(C)C)c3cc(N4CCN(C)CC4)ncc3C(F)(F)F)c(C(F)(F)F)cn2)CC1. The highest BCUT2D eigenvalue weighted by Gasteiger charge is 2.47. The molecule has 0 saturated carbocycles. The lowest BCUT2D eigenvalue weighted by atomic mass is 9.77. The van der Waals surface area contributed by atoms with Crippen LogP contribution >= 0.6 is 0 Å². The Hall–Kier alpha value is -3.66. The molecule has 0 aromatic carbocycles. The molecule has 0 aliphatic carbocycles. The second kappa shape index (κ2) is 13.2. The summed E-state index contributed by atoms with van der Waals surface area (Å²) in [4.78, 5) is 42.6. The number of rotatable bonds is 7. The zero-order valence-electron chi connectivity index (χ0n) is 26.4. The van der Waals surface area contributed by atoms with Crippen molar-refractivity contribution in [3.63, 3.8) is 0 Å². The first-order chi connectivity index (χ1) is 21.3. The van der Waals surface area contributed by atoms with E-state index in [0.717, 1.165) is 12.1 Å². The number of halogens is 6. The third-order valence-electron chi connectivity index (χ3n) is 8.08. The Bertz CT molecular complexity index is 1410. The zero-order valence-corrected chi connectivity index (χ0v) is 26.4. The van der Waals surface area contributed by atoms with Crippen LogP contribution in [0.1, 0.15) is 54.9 Å². The largest absolute Gasteiger partial charge is 0.459 e. The lowest BCUT2D eigenvalue weighted by Crippen LogP contribution is -2.45. The molecular weight excluding hydrogens is 620 g/mol. The number of nitrogens with two attached hydrogens (primary N) is 1. The van der Waals surface area contributed by atoms with E-state index < -0.39 is 63.9 Å². The van der Waals surface area contributed by atoms with Crippen molar-refractivity contribution in [3.8, 4) is 0 Å². The molecule has 2 aliphatic heterocycles. The molecule has 2 unspecified atom stereocenters. The summed E-state index contributed by atoms with van der Waals surface area (Å²) in [7, 11) is 3.75. The highest BCUT2D eigenvalue weighted by Crippen LogP contribution is 2.46. The van der Waals surface area contributed by atoms with Crippen LogP contribution in [-0.4, -0.2) is 104 Å². The van der Waals surface area contributed by atoms with E-state index in [0.29, 0.717) is 64.8 Å². The summed E-state index contributed by atoms with van der Waals surface area (Å²) in [6, 6.07) is 2.01. The maximum atomic E-state index is 14.6. The van der Waals surface area contributed by atoms with Crippen LogP contribution in [0.4, 0.5) is 38.0 Å². The van der Waals surface area contributed by atoms with Gasteiger partial charge in [-0.2, -0.15) is 26.3 Å².